The van der Waals surface area contributed by atoms with Crippen molar-refractivity contribution >= 4 is 22.8 Å². The smallest absolute Gasteiger partial charge is 0.126 e. The van der Waals surface area contributed by atoms with E-state index < -0.39 is 0 Å². The van der Waals surface area contributed by atoms with E-state index in [2.05, 4.69) is 25.7 Å². The Morgan fingerprint density at radius 3 is 2.06 bits per heavy atom. The number of aliphatic hydroxyl groups is 1. The number of benzene rings is 2. The molecule has 0 radical (unpaired) electrons. The van der Waals surface area contributed by atoms with Crippen LogP contribution in [0.2, 0.25) is 0 Å². The molecule has 0 spiro atoms. The normalized spacial score (nSPS) is 9.12. The summed E-state index contributed by atoms with van der Waals surface area (Å²) < 4.78 is 25.9. The molecular formula is C26H40F2N4O. The summed E-state index contributed by atoms with van der Waals surface area (Å²) in [6.07, 6.45) is 3.60. The Balaban J connectivity index is 0. The van der Waals surface area contributed by atoms with E-state index in [-0.39, 0.29) is 24.0 Å². The second-order valence-electron chi connectivity index (χ2n) is 7.25. The Labute approximate surface area is 197 Å². The number of rotatable bonds is 6. The van der Waals surface area contributed by atoms with Crippen LogP contribution in [0.3, 0.4) is 0 Å². The van der Waals surface area contributed by atoms with E-state index in [0.717, 1.165) is 0 Å². The van der Waals surface area contributed by atoms with E-state index in [0.29, 0.717) is 46.7 Å². The molecule has 2 aromatic rings. The number of hydrogen-bond donors (Lipinski definition) is 5. The van der Waals surface area contributed by atoms with Crippen LogP contribution in [0.4, 0.5) is 20.2 Å². The summed E-state index contributed by atoms with van der Waals surface area (Å²) in [5.41, 5.74) is 9.00. The van der Waals surface area contributed by atoms with Gasteiger partial charge in [-0.2, -0.15) is 0 Å². The zero-order chi connectivity index (χ0) is 26.0. The Morgan fingerprint density at radius 2 is 1.61 bits per heavy atom. The number of anilines is 2. The van der Waals surface area contributed by atoms with Crippen molar-refractivity contribution in [2.75, 3.05) is 24.2 Å². The van der Waals surface area contributed by atoms with Gasteiger partial charge in [0.1, 0.15) is 11.6 Å². The minimum Gasteiger partial charge on any atom is -0.398 e. The molecule has 0 fully saturated rings. The Morgan fingerprint density at radius 1 is 1.09 bits per heavy atom. The van der Waals surface area contributed by atoms with Crippen molar-refractivity contribution in [2.45, 2.75) is 54.4 Å². The Hall–Kier alpha value is -3.06. The van der Waals surface area contributed by atoms with Crippen LogP contribution in [0.15, 0.2) is 43.0 Å². The number of aliphatic hydroxyl groups excluding tert-OH is 1. The van der Waals surface area contributed by atoms with Gasteiger partial charge in [0.2, 0.25) is 0 Å². The van der Waals surface area contributed by atoms with E-state index >= 15 is 0 Å². The van der Waals surface area contributed by atoms with Crippen molar-refractivity contribution in [2.24, 2.45) is 0 Å². The Kier molecular flexibility index (Phi) is 18.0. The van der Waals surface area contributed by atoms with Crippen molar-refractivity contribution in [1.82, 2.24) is 0 Å². The third-order valence-electron chi connectivity index (χ3n) is 3.77. The van der Waals surface area contributed by atoms with Gasteiger partial charge in [0.25, 0.3) is 0 Å². The fraction of sp³-hybridized carbons (Fsp3) is 0.385. The largest absolute Gasteiger partial charge is 0.398 e. The van der Waals surface area contributed by atoms with Crippen molar-refractivity contribution in [1.29, 1.82) is 10.8 Å². The third kappa shape index (κ3) is 13.9. The van der Waals surface area contributed by atoms with Crippen LogP contribution in [0.1, 0.15) is 64.2 Å². The number of nitrogen functional groups attached to an aromatic ring is 1. The minimum absolute atomic E-state index is 0.0984. The first-order valence-electron chi connectivity index (χ1n) is 10.9. The van der Waals surface area contributed by atoms with E-state index in [1.807, 2.05) is 6.92 Å². The summed E-state index contributed by atoms with van der Waals surface area (Å²) in [6, 6.07) is 7.13. The quantitative estimate of drug-likeness (QED) is 0.142. The molecule has 33 heavy (non-hydrogen) atoms. The molecule has 6 N–H and O–H groups in total. The summed E-state index contributed by atoms with van der Waals surface area (Å²) in [6.45, 7) is 15.1. The lowest BCUT2D eigenvalue weighted by Crippen LogP contribution is -2.08. The lowest BCUT2D eigenvalue weighted by Gasteiger charge is -2.10. The maximum absolute atomic E-state index is 13.0. The average Bonchev–Trinajstić information content (AvgIpc) is 2.72. The van der Waals surface area contributed by atoms with Gasteiger partial charge in [-0.05, 0) is 70.0 Å². The molecule has 0 aliphatic heterocycles. The standard InChI is InChI=1S/C11H15FN2O.C9H11FN2.C3H8.C3H6/c1-8(13)10-4-3-9(12)7-11(10)14-5-2-6-15;1-5-3-9(12)7(6(2)11)4-8(5)10;2*1-3-2/h3-4,7,13-15H,2,5-6H2,1H3;3-4,11H,12H2,1-2H3;3H2,1-2H3;3H,1H2,2H3. The summed E-state index contributed by atoms with van der Waals surface area (Å²) in [5, 5.41) is 26.4. The topological polar surface area (TPSA) is 106 Å². The molecule has 5 nitrogen and oxygen atoms in total. The first kappa shape index (κ1) is 32.1. The van der Waals surface area contributed by atoms with Gasteiger partial charge < -0.3 is 27.0 Å². The molecule has 2 aromatic carbocycles. The molecule has 0 atom stereocenters. The molecule has 0 bridgehead atoms. The lowest BCUT2D eigenvalue weighted by molar-refractivity contribution is 0.292. The van der Waals surface area contributed by atoms with Crippen LogP contribution in [-0.4, -0.2) is 29.7 Å². The van der Waals surface area contributed by atoms with Crippen molar-refractivity contribution in [3.63, 3.8) is 0 Å². The minimum atomic E-state index is -0.327. The van der Waals surface area contributed by atoms with Gasteiger partial charge in [-0.25, -0.2) is 8.78 Å². The number of nitrogens with two attached hydrogens (primary N) is 1. The number of aryl methyl sites for hydroxylation is 1. The summed E-state index contributed by atoms with van der Waals surface area (Å²) >= 11 is 0. The second kappa shape index (κ2) is 18.5. The number of halogens is 2. The molecule has 2 rings (SSSR count). The zero-order valence-electron chi connectivity index (χ0n) is 20.8. The van der Waals surface area contributed by atoms with E-state index in [9.17, 15) is 8.78 Å². The van der Waals surface area contributed by atoms with Gasteiger partial charge in [-0.3, -0.25) is 0 Å². The van der Waals surface area contributed by atoms with Gasteiger partial charge in [-0.1, -0.05) is 26.3 Å². The molecule has 7 heteroatoms. The number of nitrogens with one attached hydrogen (secondary N) is 3. The average molecular weight is 463 g/mol. The van der Waals surface area contributed by atoms with Crippen molar-refractivity contribution in [3.05, 3.63) is 71.3 Å². The highest BCUT2D eigenvalue weighted by Gasteiger charge is 2.06. The van der Waals surface area contributed by atoms with E-state index in [1.165, 1.54) is 24.6 Å². The van der Waals surface area contributed by atoms with Gasteiger partial charge >= 0.3 is 0 Å². The van der Waals surface area contributed by atoms with E-state index in [4.69, 9.17) is 21.7 Å². The van der Waals surface area contributed by atoms with Crippen LogP contribution in [0.5, 0.6) is 0 Å². The Bertz CT molecular complexity index is 883. The number of hydrogen-bond acceptors (Lipinski definition) is 5. The van der Waals surface area contributed by atoms with Crippen LogP contribution < -0.4 is 11.1 Å². The van der Waals surface area contributed by atoms with Crippen LogP contribution in [0.25, 0.3) is 0 Å². The van der Waals surface area contributed by atoms with E-state index in [1.54, 1.807) is 39.0 Å². The predicted octanol–water partition coefficient (Wildman–Crippen LogP) is 6.72. The van der Waals surface area contributed by atoms with Crippen molar-refractivity contribution < 1.29 is 13.9 Å². The molecule has 0 amide bonds. The predicted molar refractivity (Wildman–Crippen MR) is 139 cm³/mol. The molecule has 0 aromatic heterocycles. The highest BCUT2D eigenvalue weighted by Crippen LogP contribution is 2.18. The number of allylic oxidation sites excluding steroid dienone is 1. The van der Waals surface area contributed by atoms with Gasteiger partial charge in [0.15, 0.2) is 0 Å². The highest BCUT2D eigenvalue weighted by atomic mass is 19.1. The summed E-state index contributed by atoms with van der Waals surface area (Å²) in [4.78, 5) is 0. The zero-order valence-corrected chi connectivity index (χ0v) is 20.8. The summed E-state index contributed by atoms with van der Waals surface area (Å²) in [5.74, 6) is -0.641. The van der Waals surface area contributed by atoms with Crippen LogP contribution in [0, 0.1) is 29.4 Å². The molecule has 184 valence electrons. The molecule has 0 aliphatic carbocycles. The van der Waals surface area contributed by atoms with Gasteiger partial charge in [0, 0.05) is 47.1 Å². The first-order valence-corrected chi connectivity index (χ1v) is 10.9. The fourth-order valence-electron chi connectivity index (χ4n) is 2.32. The van der Waals surface area contributed by atoms with Gasteiger partial charge in [0.05, 0.1) is 0 Å². The maximum atomic E-state index is 13.0. The molecule has 0 saturated carbocycles. The van der Waals surface area contributed by atoms with Crippen LogP contribution >= 0.6 is 0 Å². The maximum Gasteiger partial charge on any atom is 0.126 e. The fourth-order valence-corrected chi connectivity index (χ4v) is 2.32. The van der Waals surface area contributed by atoms with Crippen LogP contribution in [-0.2, 0) is 0 Å². The van der Waals surface area contributed by atoms with Crippen molar-refractivity contribution in [3.8, 4) is 0 Å². The summed E-state index contributed by atoms with van der Waals surface area (Å²) in [7, 11) is 0. The molecule has 0 heterocycles. The first-order chi connectivity index (χ1) is 15.5. The monoisotopic (exact) mass is 462 g/mol. The lowest BCUT2D eigenvalue weighted by atomic mass is 10.1. The molecule has 0 saturated heterocycles. The second-order valence-corrected chi connectivity index (χ2v) is 7.25. The molecule has 0 unspecified atom stereocenters. The highest BCUT2D eigenvalue weighted by molar-refractivity contribution is 6.01. The third-order valence-corrected chi connectivity index (χ3v) is 3.77. The SMILES string of the molecule is C=CC.CC(=N)c1cc(F)c(C)cc1N.CC(=N)c1ccc(F)cc1NCCCO.CCC. The van der Waals surface area contributed by atoms with Gasteiger partial charge in [-0.15, -0.1) is 6.58 Å². The molecular weight excluding hydrogens is 422 g/mol. The molecule has 0 aliphatic rings.